The van der Waals surface area contributed by atoms with Crippen molar-refractivity contribution in [3.8, 4) is 28.0 Å². The van der Waals surface area contributed by atoms with Gasteiger partial charge in [0.25, 0.3) is 5.56 Å². The minimum atomic E-state index is -0.271. The number of hydrogen-bond donors (Lipinski definition) is 2. The quantitative estimate of drug-likeness (QED) is 0.546. The molecule has 0 aliphatic heterocycles. The van der Waals surface area contributed by atoms with E-state index in [2.05, 4.69) is 4.98 Å². The van der Waals surface area contributed by atoms with Gasteiger partial charge in [-0.1, -0.05) is 60.7 Å². The Morgan fingerprint density at radius 3 is 2.00 bits per heavy atom. The highest BCUT2D eigenvalue weighted by atomic mass is 32.1. The number of rotatable bonds is 2. The minimum Gasteiger partial charge on any atom is -0.506 e. The van der Waals surface area contributed by atoms with Gasteiger partial charge in [-0.25, -0.2) is 0 Å². The predicted molar refractivity (Wildman–Crippen MR) is 99.7 cm³/mol. The molecular weight excluding hydrogens is 318 g/mol. The fourth-order valence-electron chi connectivity index (χ4n) is 3.08. The van der Waals surface area contributed by atoms with E-state index >= 15 is 0 Å². The zero-order valence-electron chi connectivity index (χ0n) is 13.0. The number of aryl methyl sites for hydroxylation is 1. The Morgan fingerprint density at radius 2 is 1.42 bits per heavy atom. The maximum Gasteiger partial charge on any atom is 0.260 e. The number of nitrogens with one attached hydrogen (secondary N) is 1. The number of pyridine rings is 1. The molecule has 4 aromatic rings. The average molecular weight is 333 g/mol. The van der Waals surface area contributed by atoms with Crippen molar-refractivity contribution in [2.75, 3.05) is 0 Å². The topological polar surface area (TPSA) is 53.1 Å². The van der Waals surface area contributed by atoms with E-state index in [1.807, 2.05) is 67.6 Å². The Labute approximate surface area is 142 Å². The second-order valence-corrected chi connectivity index (χ2v) is 6.87. The molecule has 0 radical (unpaired) electrons. The molecule has 2 N–H and O–H groups in total. The van der Waals surface area contributed by atoms with Crippen LogP contribution >= 0.6 is 11.3 Å². The van der Waals surface area contributed by atoms with Crippen LogP contribution in [-0.2, 0) is 0 Å². The van der Waals surface area contributed by atoms with Gasteiger partial charge in [-0.2, -0.15) is 0 Å². The standard InChI is InChI=1S/C20H15NO2S/c1-12-15(13-8-4-2-5-9-13)17-18(22)16(14-10-6-3-7-11-14)19(23)21-20(17)24-12/h2-11H,1H3,(H2,21,22,23). The zero-order chi connectivity index (χ0) is 16.7. The lowest BCUT2D eigenvalue weighted by atomic mass is 9.99. The summed E-state index contributed by atoms with van der Waals surface area (Å²) >= 11 is 1.49. The number of aromatic hydroxyl groups is 1. The Hall–Kier alpha value is -2.85. The lowest BCUT2D eigenvalue weighted by Crippen LogP contribution is -2.08. The monoisotopic (exact) mass is 333 g/mol. The number of hydrogen-bond acceptors (Lipinski definition) is 3. The van der Waals surface area contributed by atoms with Gasteiger partial charge in [0.05, 0.1) is 10.9 Å². The molecule has 0 atom stereocenters. The van der Waals surface area contributed by atoms with Crippen LogP contribution in [0.15, 0.2) is 65.5 Å². The Bertz CT molecular complexity index is 1080. The molecule has 0 saturated carbocycles. The molecule has 24 heavy (non-hydrogen) atoms. The summed E-state index contributed by atoms with van der Waals surface area (Å²) in [7, 11) is 0. The van der Waals surface area contributed by atoms with Crippen molar-refractivity contribution in [2.45, 2.75) is 6.92 Å². The van der Waals surface area contributed by atoms with Gasteiger partial charge in [0, 0.05) is 10.4 Å². The number of H-pyrrole nitrogens is 1. The van der Waals surface area contributed by atoms with Gasteiger partial charge in [-0.05, 0) is 18.1 Å². The van der Waals surface area contributed by atoms with Gasteiger partial charge < -0.3 is 10.1 Å². The molecule has 0 spiro atoms. The van der Waals surface area contributed by atoms with E-state index in [-0.39, 0.29) is 11.3 Å². The summed E-state index contributed by atoms with van der Waals surface area (Å²) in [5, 5.41) is 11.6. The van der Waals surface area contributed by atoms with Crippen LogP contribution in [0.1, 0.15) is 4.88 Å². The van der Waals surface area contributed by atoms with Crippen molar-refractivity contribution >= 4 is 21.6 Å². The third-order valence-corrected chi connectivity index (χ3v) is 5.16. The van der Waals surface area contributed by atoms with Crippen LogP contribution in [-0.4, -0.2) is 10.1 Å². The first-order chi connectivity index (χ1) is 11.7. The van der Waals surface area contributed by atoms with E-state index in [1.54, 1.807) is 0 Å². The maximum absolute atomic E-state index is 12.5. The van der Waals surface area contributed by atoms with Gasteiger partial charge in [-0.15, -0.1) is 11.3 Å². The zero-order valence-corrected chi connectivity index (χ0v) is 13.9. The summed E-state index contributed by atoms with van der Waals surface area (Å²) < 4.78 is 0. The third kappa shape index (κ3) is 2.23. The molecule has 0 fully saturated rings. The first-order valence-electron chi connectivity index (χ1n) is 7.66. The van der Waals surface area contributed by atoms with E-state index < -0.39 is 0 Å². The summed E-state index contributed by atoms with van der Waals surface area (Å²) in [6.07, 6.45) is 0. The maximum atomic E-state index is 12.5. The molecule has 2 heterocycles. The lowest BCUT2D eigenvalue weighted by molar-refractivity contribution is 0.483. The van der Waals surface area contributed by atoms with Crippen molar-refractivity contribution in [1.29, 1.82) is 0 Å². The number of aromatic nitrogens is 1. The lowest BCUT2D eigenvalue weighted by Gasteiger charge is -2.08. The first kappa shape index (κ1) is 14.7. The molecule has 0 aliphatic carbocycles. The third-order valence-electron chi connectivity index (χ3n) is 4.14. The minimum absolute atomic E-state index is 0.0446. The normalized spacial score (nSPS) is 11.0. The van der Waals surface area contributed by atoms with Gasteiger partial charge in [0.1, 0.15) is 10.6 Å². The molecule has 0 amide bonds. The summed E-state index contributed by atoms with van der Waals surface area (Å²) in [5.41, 5.74) is 2.76. The van der Waals surface area contributed by atoms with Crippen LogP contribution in [0.2, 0.25) is 0 Å². The summed E-state index contributed by atoms with van der Waals surface area (Å²) in [4.78, 5) is 17.2. The van der Waals surface area contributed by atoms with Crippen LogP contribution in [0.25, 0.3) is 32.5 Å². The molecule has 4 rings (SSSR count). The highest BCUT2D eigenvalue weighted by molar-refractivity contribution is 7.19. The van der Waals surface area contributed by atoms with E-state index in [9.17, 15) is 9.90 Å². The highest BCUT2D eigenvalue weighted by Gasteiger charge is 2.20. The summed E-state index contributed by atoms with van der Waals surface area (Å²) in [6, 6.07) is 19.2. The molecule has 0 unspecified atom stereocenters. The second kappa shape index (κ2) is 5.65. The molecule has 4 heteroatoms. The number of fused-ring (bicyclic) bond motifs is 1. The summed E-state index contributed by atoms with van der Waals surface area (Å²) in [5.74, 6) is 0.0446. The Morgan fingerprint density at radius 1 is 0.875 bits per heavy atom. The predicted octanol–water partition coefficient (Wildman–Crippen LogP) is 4.94. The van der Waals surface area contributed by atoms with E-state index in [0.717, 1.165) is 16.0 Å². The SMILES string of the molecule is Cc1sc2[nH]c(=O)c(-c3ccccc3)c(O)c2c1-c1ccccc1. The van der Waals surface area contributed by atoms with Crippen LogP contribution in [0.4, 0.5) is 0 Å². The molecule has 3 nitrogen and oxygen atoms in total. The average Bonchev–Trinajstić information content (AvgIpc) is 2.92. The van der Waals surface area contributed by atoms with Crippen LogP contribution in [0.5, 0.6) is 5.75 Å². The molecule has 2 aromatic heterocycles. The first-order valence-corrected chi connectivity index (χ1v) is 8.47. The van der Waals surface area contributed by atoms with Gasteiger partial charge in [0.2, 0.25) is 0 Å². The van der Waals surface area contributed by atoms with Crippen molar-refractivity contribution < 1.29 is 5.11 Å². The van der Waals surface area contributed by atoms with Gasteiger partial charge in [0.15, 0.2) is 0 Å². The van der Waals surface area contributed by atoms with E-state index in [1.165, 1.54) is 11.3 Å². The number of aromatic amines is 1. The van der Waals surface area contributed by atoms with E-state index in [0.29, 0.717) is 21.3 Å². The molecule has 0 saturated heterocycles. The van der Waals surface area contributed by atoms with Crippen LogP contribution < -0.4 is 5.56 Å². The molecule has 2 aromatic carbocycles. The number of benzene rings is 2. The molecular formula is C20H15NO2S. The second-order valence-electron chi connectivity index (χ2n) is 5.65. The fraction of sp³-hybridized carbons (Fsp3) is 0.0500. The summed E-state index contributed by atoms with van der Waals surface area (Å²) in [6.45, 7) is 2.01. The molecule has 0 bridgehead atoms. The van der Waals surface area contributed by atoms with Crippen LogP contribution in [0, 0.1) is 6.92 Å². The molecule has 118 valence electrons. The van der Waals surface area contributed by atoms with Crippen molar-refractivity contribution in [2.24, 2.45) is 0 Å². The molecule has 0 aliphatic rings. The van der Waals surface area contributed by atoms with Gasteiger partial charge >= 0.3 is 0 Å². The smallest absolute Gasteiger partial charge is 0.260 e. The van der Waals surface area contributed by atoms with Crippen molar-refractivity contribution in [3.05, 3.63) is 75.9 Å². The Kier molecular flexibility index (Phi) is 3.47. The van der Waals surface area contributed by atoms with Crippen molar-refractivity contribution in [3.63, 3.8) is 0 Å². The van der Waals surface area contributed by atoms with Gasteiger partial charge in [-0.3, -0.25) is 4.79 Å². The fourth-order valence-corrected chi connectivity index (χ4v) is 4.15. The largest absolute Gasteiger partial charge is 0.506 e. The Balaban J connectivity index is 2.10. The van der Waals surface area contributed by atoms with Crippen molar-refractivity contribution in [1.82, 2.24) is 4.98 Å². The number of thiophene rings is 1. The van der Waals surface area contributed by atoms with Crippen LogP contribution in [0.3, 0.4) is 0 Å². The van der Waals surface area contributed by atoms with E-state index in [4.69, 9.17) is 0 Å². The highest BCUT2D eigenvalue weighted by Crippen LogP contribution is 2.43.